The topological polar surface area (TPSA) is 69.8 Å². The number of carbonyl (C=O) groups excluding carboxylic acids is 1. The van der Waals surface area contributed by atoms with E-state index in [0.29, 0.717) is 19.5 Å². The Labute approximate surface area is 122 Å². The Hall–Kier alpha value is -0.650. The molecule has 0 aromatic carbocycles. The van der Waals surface area contributed by atoms with Crippen LogP contribution in [0.15, 0.2) is 0 Å². The normalized spacial score (nSPS) is 29.9. The van der Waals surface area contributed by atoms with Crippen molar-refractivity contribution in [3.05, 3.63) is 0 Å². The Bertz CT molecular complexity index is 340. The van der Waals surface area contributed by atoms with E-state index in [2.05, 4.69) is 4.90 Å². The van der Waals surface area contributed by atoms with Gasteiger partial charge < -0.3 is 20.6 Å². The number of likely N-dealkylation sites (tertiary alicyclic amines) is 1. The van der Waals surface area contributed by atoms with E-state index in [1.807, 2.05) is 19.0 Å². The smallest absolute Gasteiger partial charge is 0.230 e. The fourth-order valence-corrected chi connectivity index (χ4v) is 3.77. The van der Waals surface area contributed by atoms with Crippen molar-refractivity contribution >= 4 is 5.91 Å². The number of carbonyl (C=O) groups is 1. The zero-order chi connectivity index (χ0) is 14.8. The lowest BCUT2D eigenvalue weighted by atomic mass is 9.73. The fraction of sp³-hybridized carbons (Fsp3) is 0.933. The minimum Gasteiger partial charge on any atom is -0.391 e. The highest BCUT2D eigenvalue weighted by Crippen LogP contribution is 2.38. The summed E-state index contributed by atoms with van der Waals surface area (Å²) in [5, 5.41) is 9.94. The van der Waals surface area contributed by atoms with Crippen LogP contribution >= 0.6 is 0 Å². The van der Waals surface area contributed by atoms with Crippen LogP contribution in [-0.2, 0) is 4.79 Å². The molecule has 2 unspecified atom stereocenters. The first-order valence-electron chi connectivity index (χ1n) is 7.82. The van der Waals surface area contributed by atoms with Gasteiger partial charge in [0.15, 0.2) is 0 Å². The number of aliphatic hydroxyl groups is 1. The Morgan fingerprint density at radius 2 is 2.00 bits per heavy atom. The van der Waals surface area contributed by atoms with Crippen LogP contribution in [0.25, 0.3) is 0 Å². The van der Waals surface area contributed by atoms with Crippen molar-refractivity contribution < 1.29 is 9.90 Å². The van der Waals surface area contributed by atoms with E-state index in [4.69, 9.17) is 5.73 Å². The summed E-state index contributed by atoms with van der Waals surface area (Å²) in [6.45, 7) is 1.72. The lowest BCUT2D eigenvalue weighted by Crippen LogP contribution is -2.52. The molecule has 1 amide bonds. The number of rotatable bonds is 4. The minimum absolute atomic E-state index is 0.123. The number of aliphatic hydroxyl groups excluding tert-OH is 1. The molecule has 1 saturated heterocycles. The second kappa shape index (κ2) is 6.41. The van der Waals surface area contributed by atoms with Crippen molar-refractivity contribution in [1.82, 2.24) is 9.80 Å². The quantitative estimate of drug-likeness (QED) is 0.784. The summed E-state index contributed by atoms with van der Waals surface area (Å²) in [4.78, 5) is 17.0. The van der Waals surface area contributed by atoms with Gasteiger partial charge in [0.1, 0.15) is 0 Å². The molecule has 0 aromatic rings. The Balaban J connectivity index is 2.12. The molecule has 2 fully saturated rings. The summed E-state index contributed by atoms with van der Waals surface area (Å²) in [6.07, 6.45) is 5.51. The van der Waals surface area contributed by atoms with Crippen LogP contribution in [0.5, 0.6) is 0 Å². The van der Waals surface area contributed by atoms with Gasteiger partial charge in [-0.3, -0.25) is 4.79 Å². The maximum atomic E-state index is 13.0. The first-order valence-corrected chi connectivity index (χ1v) is 7.82. The number of likely N-dealkylation sites (N-methyl/N-ethyl adjacent to an activating group) is 1. The van der Waals surface area contributed by atoms with Gasteiger partial charge in [-0.25, -0.2) is 0 Å². The number of hydrogen-bond donors (Lipinski definition) is 2. The van der Waals surface area contributed by atoms with Gasteiger partial charge in [0, 0.05) is 25.7 Å². The number of nitrogens with two attached hydrogens (primary N) is 1. The van der Waals surface area contributed by atoms with Gasteiger partial charge in [0.25, 0.3) is 0 Å². The average Bonchev–Trinajstić information content (AvgIpc) is 2.78. The maximum absolute atomic E-state index is 13.0. The van der Waals surface area contributed by atoms with Crippen molar-refractivity contribution in [3.8, 4) is 0 Å². The van der Waals surface area contributed by atoms with Gasteiger partial charge in [-0.15, -0.1) is 0 Å². The summed E-state index contributed by atoms with van der Waals surface area (Å²) in [5.41, 5.74) is 5.60. The Morgan fingerprint density at radius 3 is 2.55 bits per heavy atom. The van der Waals surface area contributed by atoms with Gasteiger partial charge in [-0.05, 0) is 33.4 Å². The summed E-state index contributed by atoms with van der Waals surface area (Å²) in [6, 6.07) is 0.123. The molecule has 1 aliphatic carbocycles. The van der Waals surface area contributed by atoms with E-state index < -0.39 is 0 Å². The number of hydrogen-bond acceptors (Lipinski definition) is 4. The number of amides is 1. The molecule has 2 rings (SSSR count). The standard InChI is InChI=1S/C15H29N3O2/c1-17(2)9-12-8-13(19)10-18(12)14(20)15(11-16)6-4-3-5-7-15/h12-13,19H,3-11,16H2,1-2H3. The second-order valence-corrected chi connectivity index (χ2v) is 6.81. The third-order valence-electron chi connectivity index (χ3n) is 4.88. The summed E-state index contributed by atoms with van der Waals surface area (Å²) >= 11 is 0. The molecule has 1 aliphatic heterocycles. The molecule has 0 spiro atoms. The molecule has 0 bridgehead atoms. The van der Waals surface area contributed by atoms with Gasteiger partial charge in [-0.1, -0.05) is 19.3 Å². The van der Waals surface area contributed by atoms with Crippen LogP contribution in [0.4, 0.5) is 0 Å². The predicted molar refractivity (Wildman–Crippen MR) is 79.3 cm³/mol. The molecule has 1 heterocycles. The molecule has 20 heavy (non-hydrogen) atoms. The molecule has 3 N–H and O–H groups in total. The number of nitrogens with zero attached hydrogens (tertiary/aromatic N) is 2. The van der Waals surface area contributed by atoms with Gasteiger partial charge in [0.05, 0.1) is 11.5 Å². The van der Waals surface area contributed by atoms with Crippen LogP contribution in [0.3, 0.4) is 0 Å². The van der Waals surface area contributed by atoms with Crippen LogP contribution in [0.2, 0.25) is 0 Å². The van der Waals surface area contributed by atoms with Crippen molar-refractivity contribution in [1.29, 1.82) is 0 Å². The van der Waals surface area contributed by atoms with E-state index >= 15 is 0 Å². The first kappa shape index (κ1) is 15.7. The van der Waals surface area contributed by atoms with Crippen molar-refractivity contribution in [3.63, 3.8) is 0 Å². The van der Waals surface area contributed by atoms with Crippen LogP contribution in [0.1, 0.15) is 38.5 Å². The second-order valence-electron chi connectivity index (χ2n) is 6.81. The highest BCUT2D eigenvalue weighted by molar-refractivity contribution is 5.83. The maximum Gasteiger partial charge on any atom is 0.230 e. The van der Waals surface area contributed by atoms with Crippen LogP contribution in [-0.4, -0.2) is 66.7 Å². The molecule has 5 heteroatoms. The van der Waals surface area contributed by atoms with Crippen molar-refractivity contribution in [2.24, 2.45) is 11.1 Å². The largest absolute Gasteiger partial charge is 0.391 e. The molecule has 116 valence electrons. The summed E-state index contributed by atoms with van der Waals surface area (Å²) in [5.74, 6) is 0.183. The van der Waals surface area contributed by atoms with Crippen molar-refractivity contribution in [2.75, 3.05) is 33.7 Å². The predicted octanol–water partition coefficient (Wildman–Crippen LogP) is 0.419. The summed E-state index contributed by atoms with van der Waals surface area (Å²) < 4.78 is 0. The minimum atomic E-state index is -0.387. The third-order valence-corrected chi connectivity index (χ3v) is 4.88. The van der Waals surface area contributed by atoms with E-state index in [9.17, 15) is 9.90 Å². The monoisotopic (exact) mass is 283 g/mol. The van der Waals surface area contributed by atoms with E-state index in [1.54, 1.807) is 0 Å². The molecule has 5 nitrogen and oxygen atoms in total. The average molecular weight is 283 g/mol. The molecule has 2 aliphatic rings. The Morgan fingerprint density at radius 1 is 1.35 bits per heavy atom. The van der Waals surface area contributed by atoms with Crippen LogP contribution < -0.4 is 5.73 Å². The highest BCUT2D eigenvalue weighted by Gasteiger charge is 2.45. The van der Waals surface area contributed by atoms with Crippen molar-refractivity contribution in [2.45, 2.75) is 50.7 Å². The van der Waals surface area contributed by atoms with Gasteiger partial charge in [0.2, 0.25) is 5.91 Å². The van der Waals surface area contributed by atoms with Gasteiger partial charge >= 0.3 is 0 Å². The molecular formula is C15H29N3O2. The Kier molecular flexibility index (Phi) is 5.04. The first-order chi connectivity index (χ1) is 9.48. The lowest BCUT2D eigenvalue weighted by molar-refractivity contribution is -0.145. The molecule has 2 atom stereocenters. The van der Waals surface area contributed by atoms with Gasteiger partial charge in [-0.2, -0.15) is 0 Å². The molecular weight excluding hydrogens is 254 g/mol. The zero-order valence-corrected chi connectivity index (χ0v) is 12.8. The number of β-amino-alcohol motifs (C(OH)–C–C–N with tert-alkyl or cyclic N) is 1. The molecule has 0 aromatic heterocycles. The molecule has 0 radical (unpaired) electrons. The van der Waals surface area contributed by atoms with Crippen LogP contribution in [0, 0.1) is 5.41 Å². The third kappa shape index (κ3) is 3.15. The van der Waals surface area contributed by atoms with E-state index in [1.165, 1.54) is 6.42 Å². The zero-order valence-electron chi connectivity index (χ0n) is 12.8. The van der Waals surface area contributed by atoms with E-state index in [0.717, 1.165) is 32.2 Å². The highest BCUT2D eigenvalue weighted by atomic mass is 16.3. The molecule has 1 saturated carbocycles. The lowest BCUT2D eigenvalue weighted by Gasteiger charge is -2.40. The SMILES string of the molecule is CN(C)CC1CC(O)CN1C(=O)C1(CN)CCCCC1. The van der Waals surface area contributed by atoms with E-state index in [-0.39, 0.29) is 23.5 Å². The summed E-state index contributed by atoms with van der Waals surface area (Å²) in [7, 11) is 4.01. The fourth-order valence-electron chi connectivity index (χ4n) is 3.77.